The van der Waals surface area contributed by atoms with Gasteiger partial charge >= 0.3 is 0 Å². The first-order chi connectivity index (χ1) is 14.1. The minimum Gasteiger partial charge on any atom is -0.507 e. The van der Waals surface area contributed by atoms with Crippen LogP contribution in [0.2, 0.25) is 0 Å². The Morgan fingerprint density at radius 1 is 0.900 bits per heavy atom. The molecule has 6 nitrogen and oxygen atoms in total. The van der Waals surface area contributed by atoms with Crippen LogP contribution in [0, 0.1) is 27.7 Å². The summed E-state index contributed by atoms with van der Waals surface area (Å²) in [5.41, 5.74) is 4.67. The third kappa shape index (κ3) is 6.34. The van der Waals surface area contributed by atoms with E-state index in [0.717, 1.165) is 33.2 Å². The van der Waals surface area contributed by atoms with Gasteiger partial charge in [-0.2, -0.15) is 0 Å². The third-order valence-electron chi connectivity index (χ3n) is 4.93. The zero-order chi connectivity index (χ0) is 22.4. The van der Waals surface area contributed by atoms with Crippen molar-refractivity contribution in [2.24, 2.45) is 0 Å². The van der Waals surface area contributed by atoms with Crippen molar-refractivity contribution < 1.29 is 19.8 Å². The molecule has 4 N–H and O–H groups in total. The van der Waals surface area contributed by atoms with Crippen molar-refractivity contribution in [2.75, 3.05) is 12.9 Å². The minimum atomic E-state index is -0.440. The van der Waals surface area contributed by atoms with Crippen molar-refractivity contribution in [2.45, 2.75) is 34.1 Å². The molecule has 3 radical (unpaired) electrons. The molecule has 9 heteroatoms. The third-order valence-corrected chi connectivity index (χ3v) is 4.93. The van der Waals surface area contributed by atoms with E-state index in [1.807, 2.05) is 33.3 Å². The number of carbonyl (C=O) groups is 2. The summed E-state index contributed by atoms with van der Waals surface area (Å²) in [6.45, 7) is 6.77. The summed E-state index contributed by atoms with van der Waals surface area (Å²) in [6.07, 6.45) is 0.178. The molecule has 0 aliphatic heterocycles. The van der Waals surface area contributed by atoms with Crippen molar-refractivity contribution in [3.8, 4) is 11.5 Å². The minimum absolute atomic E-state index is 0.188. The van der Waals surface area contributed by atoms with Gasteiger partial charge in [-0.1, -0.05) is 35.2 Å². The highest BCUT2D eigenvalue weighted by Crippen LogP contribution is 2.19. The van der Waals surface area contributed by atoms with E-state index in [-0.39, 0.29) is 36.7 Å². The number of rotatable bonds is 8. The molecule has 153 valence electrons. The maximum Gasteiger partial charge on any atom is 0.228 e. The fourth-order valence-corrected chi connectivity index (χ4v) is 3.21. The van der Waals surface area contributed by atoms with Gasteiger partial charge in [0.2, 0.25) is 11.8 Å². The van der Waals surface area contributed by atoms with Gasteiger partial charge in [-0.05, 0) is 62.8 Å². The van der Waals surface area contributed by atoms with E-state index >= 15 is 0 Å². The molecule has 0 aliphatic carbocycles. The lowest BCUT2D eigenvalue weighted by molar-refractivity contribution is -0.128. The van der Waals surface area contributed by atoms with Crippen LogP contribution in [0.25, 0.3) is 0 Å². The summed E-state index contributed by atoms with van der Waals surface area (Å²) >= 11 is 0. The Hall–Kier alpha value is -2.83. The predicted molar refractivity (Wildman–Crippen MR) is 122 cm³/mol. The number of hydrogen-bond donors (Lipinski definition) is 4. The van der Waals surface area contributed by atoms with Crippen molar-refractivity contribution in [1.82, 2.24) is 10.6 Å². The van der Waals surface area contributed by atoms with Crippen LogP contribution in [0.3, 0.4) is 0 Å². The highest BCUT2D eigenvalue weighted by molar-refractivity contribution is 7.11. The van der Waals surface area contributed by atoms with Crippen molar-refractivity contribution in [1.29, 1.82) is 0 Å². The molecule has 0 spiro atoms. The first kappa shape index (κ1) is 23.5. The van der Waals surface area contributed by atoms with E-state index in [1.54, 1.807) is 26.0 Å². The second-order valence-electron chi connectivity index (χ2n) is 7.60. The summed E-state index contributed by atoms with van der Waals surface area (Å²) in [5.74, 6) is -0.294. The van der Waals surface area contributed by atoms with Gasteiger partial charge in [0.1, 0.15) is 24.5 Å². The van der Waals surface area contributed by atoms with Crippen LogP contribution in [0.4, 0.5) is 0 Å². The van der Waals surface area contributed by atoms with Crippen LogP contribution in [0.5, 0.6) is 11.5 Å². The number of phenolic OH excluding ortho intramolecular Hbond substituents is 2. The van der Waals surface area contributed by atoms with Crippen LogP contribution >= 0.6 is 0 Å². The number of benzene rings is 2. The summed E-state index contributed by atoms with van der Waals surface area (Å²) < 4.78 is 0. The lowest BCUT2D eigenvalue weighted by Gasteiger charge is -2.14. The smallest absolute Gasteiger partial charge is 0.228 e. The van der Waals surface area contributed by atoms with E-state index in [1.165, 1.54) is 0 Å². The molecule has 0 atom stereocenters. The van der Waals surface area contributed by atoms with E-state index in [9.17, 15) is 19.8 Å². The van der Waals surface area contributed by atoms with Gasteiger partial charge in [-0.3, -0.25) is 9.59 Å². The molecule has 0 fully saturated rings. The Morgan fingerprint density at radius 3 is 1.90 bits per heavy atom. The van der Waals surface area contributed by atoms with E-state index in [2.05, 4.69) is 10.6 Å². The molecule has 0 saturated heterocycles. The monoisotopic (exact) mass is 403 g/mol. The molecule has 0 heterocycles. The Balaban J connectivity index is 1.76. The topological polar surface area (TPSA) is 98.7 Å². The largest absolute Gasteiger partial charge is 0.507 e. The molecule has 30 heavy (non-hydrogen) atoms. The fraction of sp³-hybridized carbons (Fsp3) is 0.333. The average molecular weight is 403 g/mol. The maximum absolute atomic E-state index is 12.0. The number of aryl methyl sites for hydroxylation is 4. The Kier molecular flexibility index (Phi) is 8.04. The molecule has 0 aromatic heterocycles. The van der Waals surface area contributed by atoms with Crippen LogP contribution in [-0.4, -0.2) is 56.5 Å². The number of nitrogens with one attached hydrogen (secondary N) is 2. The van der Waals surface area contributed by atoms with Crippen molar-refractivity contribution >= 4 is 44.4 Å². The molecule has 2 aromatic carbocycles. The normalized spacial score (nSPS) is 10.4. The van der Waals surface area contributed by atoms with Gasteiger partial charge < -0.3 is 20.8 Å². The molecule has 0 bridgehead atoms. The summed E-state index contributed by atoms with van der Waals surface area (Å²) in [5, 5.41) is 25.0. The predicted octanol–water partition coefficient (Wildman–Crippen LogP) is -0.153. The SMILES string of the molecule is [B]B(CNC(=O)CC(=O)NC[B]c1cc(C)c(O)c(C)c1)c1cc(C)c(O)c(C)c1. The molecule has 2 rings (SSSR count). The molecule has 2 amide bonds. The number of hydrogen-bond acceptors (Lipinski definition) is 4. The second kappa shape index (κ2) is 10.3. The van der Waals surface area contributed by atoms with Gasteiger partial charge in [0.15, 0.2) is 7.28 Å². The average Bonchev–Trinajstić information content (AvgIpc) is 2.67. The highest BCUT2D eigenvalue weighted by Gasteiger charge is 2.15. The Bertz CT molecular complexity index is 904. The van der Waals surface area contributed by atoms with E-state index in [4.69, 9.17) is 7.74 Å². The van der Waals surface area contributed by atoms with E-state index in [0.29, 0.717) is 0 Å². The second-order valence-corrected chi connectivity index (χ2v) is 7.60. The molecular weight excluding hydrogens is 377 g/mol. The maximum atomic E-state index is 12.0. The first-order valence-electron chi connectivity index (χ1n) is 9.81. The fourth-order valence-electron chi connectivity index (χ4n) is 3.21. The lowest BCUT2D eigenvalue weighted by atomic mass is 9.29. The lowest BCUT2D eigenvalue weighted by Crippen LogP contribution is -2.45. The number of aromatic hydroxyl groups is 2. The van der Waals surface area contributed by atoms with Crippen LogP contribution in [0.1, 0.15) is 28.7 Å². The summed E-state index contributed by atoms with van der Waals surface area (Å²) in [4.78, 5) is 24.0. The number of carbonyl (C=O) groups excluding carboxylic acids is 2. The number of phenols is 2. The highest BCUT2D eigenvalue weighted by atomic mass is 16.3. The van der Waals surface area contributed by atoms with E-state index < -0.39 is 12.5 Å². The van der Waals surface area contributed by atoms with Gasteiger partial charge in [-0.15, -0.1) is 0 Å². The zero-order valence-corrected chi connectivity index (χ0v) is 17.9. The molecule has 0 unspecified atom stereocenters. The Labute approximate surface area is 180 Å². The quantitative estimate of drug-likeness (QED) is 0.364. The van der Waals surface area contributed by atoms with Crippen LogP contribution in [0.15, 0.2) is 24.3 Å². The molecule has 2 aromatic rings. The van der Waals surface area contributed by atoms with Gasteiger partial charge in [-0.25, -0.2) is 0 Å². The van der Waals surface area contributed by atoms with Crippen molar-refractivity contribution in [3.63, 3.8) is 0 Å². The molecule has 0 aliphatic rings. The van der Waals surface area contributed by atoms with Crippen LogP contribution < -0.4 is 21.6 Å². The van der Waals surface area contributed by atoms with Gasteiger partial charge in [0.25, 0.3) is 0 Å². The first-order valence-corrected chi connectivity index (χ1v) is 9.81. The summed E-state index contributed by atoms with van der Waals surface area (Å²) in [6, 6.07) is 7.23. The molecular formula is C21H26B3N2O4. The van der Waals surface area contributed by atoms with Gasteiger partial charge in [0.05, 0.1) is 0 Å². The Morgan fingerprint density at radius 2 is 1.37 bits per heavy atom. The van der Waals surface area contributed by atoms with Crippen LogP contribution in [-0.2, 0) is 9.59 Å². The zero-order valence-electron chi connectivity index (χ0n) is 17.9. The molecule has 0 saturated carbocycles. The van der Waals surface area contributed by atoms with Gasteiger partial charge in [0, 0.05) is 7.74 Å². The standard InChI is InChI=1S/C21H26B3N2O4/c1-12-5-16(6-13(2)20(12)29)23-10-25-18(27)9-19(28)26-11-24(22)17-7-14(3)21(30)15(4)8-17/h5-8,29-30H,9-11H2,1-4H3,(H,25,27)(H,26,28). The number of amides is 2. The summed E-state index contributed by atoms with van der Waals surface area (Å²) in [7, 11) is 7.94. The van der Waals surface area contributed by atoms with Crippen molar-refractivity contribution in [3.05, 3.63) is 46.5 Å².